The van der Waals surface area contributed by atoms with E-state index in [4.69, 9.17) is 0 Å². The van der Waals surface area contributed by atoms with E-state index in [0.717, 1.165) is 18.5 Å². The first kappa shape index (κ1) is 14.8. The number of rotatable bonds is 7. The van der Waals surface area contributed by atoms with Gasteiger partial charge in [-0.05, 0) is 29.6 Å². The van der Waals surface area contributed by atoms with Gasteiger partial charge in [0, 0.05) is 12.7 Å². The van der Waals surface area contributed by atoms with Crippen molar-refractivity contribution >= 4 is 0 Å². The quantitative estimate of drug-likeness (QED) is 0.632. The van der Waals surface area contributed by atoms with E-state index in [9.17, 15) is 0 Å². The van der Waals surface area contributed by atoms with Crippen LogP contribution in [0.1, 0.15) is 33.6 Å². The standard InChI is InChI=1S/C15H25N/c1-7-10-13(8-2)11-15(16-6)14(9-3)12(4)5/h8-9,11-12,16H,2-3,7,10H2,1,4-6H3/b13-11+,15-14-. The summed E-state index contributed by atoms with van der Waals surface area (Å²) >= 11 is 0. The molecular formula is C15H25N. The zero-order valence-electron chi connectivity index (χ0n) is 11.1. The molecule has 0 aliphatic rings. The Morgan fingerprint density at radius 2 is 1.88 bits per heavy atom. The maximum Gasteiger partial charge on any atom is 0.0375 e. The molecule has 0 aromatic carbocycles. The number of likely N-dealkylation sites (N-methyl/N-ethyl adjacent to an activating group) is 1. The van der Waals surface area contributed by atoms with Gasteiger partial charge in [0.15, 0.2) is 0 Å². The van der Waals surface area contributed by atoms with Gasteiger partial charge in [-0.2, -0.15) is 0 Å². The summed E-state index contributed by atoms with van der Waals surface area (Å²) in [5.41, 5.74) is 3.66. The molecule has 0 aromatic heterocycles. The van der Waals surface area contributed by atoms with Crippen LogP contribution in [-0.4, -0.2) is 7.05 Å². The summed E-state index contributed by atoms with van der Waals surface area (Å²) in [5.74, 6) is 0.476. The minimum atomic E-state index is 0.476. The average molecular weight is 219 g/mol. The summed E-state index contributed by atoms with van der Waals surface area (Å²) in [6, 6.07) is 0. The van der Waals surface area contributed by atoms with Crippen LogP contribution in [0.2, 0.25) is 0 Å². The fourth-order valence-corrected chi connectivity index (χ4v) is 1.66. The maximum atomic E-state index is 3.88. The lowest BCUT2D eigenvalue weighted by Gasteiger charge is -2.13. The molecule has 16 heavy (non-hydrogen) atoms. The molecule has 0 atom stereocenters. The Kier molecular flexibility index (Phi) is 7.36. The van der Waals surface area contributed by atoms with Crippen molar-refractivity contribution in [2.75, 3.05) is 7.05 Å². The van der Waals surface area contributed by atoms with E-state index in [-0.39, 0.29) is 0 Å². The van der Waals surface area contributed by atoms with Crippen LogP contribution < -0.4 is 5.32 Å². The maximum absolute atomic E-state index is 3.88. The highest BCUT2D eigenvalue weighted by atomic mass is 14.8. The second-order valence-corrected chi connectivity index (χ2v) is 4.15. The van der Waals surface area contributed by atoms with Crippen molar-refractivity contribution in [1.29, 1.82) is 0 Å². The van der Waals surface area contributed by atoms with E-state index < -0.39 is 0 Å². The van der Waals surface area contributed by atoms with Gasteiger partial charge in [0.1, 0.15) is 0 Å². The van der Waals surface area contributed by atoms with E-state index in [1.165, 1.54) is 11.1 Å². The molecule has 0 aliphatic heterocycles. The van der Waals surface area contributed by atoms with Crippen LogP contribution in [0.4, 0.5) is 0 Å². The second kappa shape index (κ2) is 7.98. The third-order valence-corrected chi connectivity index (χ3v) is 2.55. The second-order valence-electron chi connectivity index (χ2n) is 4.15. The average Bonchev–Trinajstić information content (AvgIpc) is 2.26. The van der Waals surface area contributed by atoms with Crippen LogP contribution in [0.25, 0.3) is 0 Å². The predicted molar refractivity (Wildman–Crippen MR) is 74.3 cm³/mol. The zero-order valence-corrected chi connectivity index (χ0v) is 11.1. The van der Waals surface area contributed by atoms with E-state index in [0.29, 0.717) is 5.92 Å². The van der Waals surface area contributed by atoms with Gasteiger partial charge in [-0.15, -0.1) is 0 Å². The van der Waals surface area contributed by atoms with Crippen LogP contribution in [0.15, 0.2) is 48.2 Å². The summed E-state index contributed by atoms with van der Waals surface area (Å²) in [6.07, 6.45) is 8.24. The van der Waals surface area contributed by atoms with Crippen molar-refractivity contribution in [3.8, 4) is 0 Å². The van der Waals surface area contributed by atoms with Gasteiger partial charge in [-0.25, -0.2) is 0 Å². The lowest BCUT2D eigenvalue weighted by atomic mass is 9.99. The molecule has 0 amide bonds. The van der Waals surface area contributed by atoms with Crippen LogP contribution in [0.5, 0.6) is 0 Å². The summed E-state index contributed by atoms with van der Waals surface area (Å²) in [6.45, 7) is 14.3. The molecule has 0 bridgehead atoms. The normalized spacial score (nSPS) is 13.4. The molecule has 1 nitrogen and oxygen atoms in total. The van der Waals surface area contributed by atoms with E-state index in [2.05, 4.69) is 45.3 Å². The number of hydrogen-bond donors (Lipinski definition) is 1. The fraction of sp³-hybridized carbons (Fsp3) is 0.467. The molecule has 0 radical (unpaired) electrons. The zero-order chi connectivity index (χ0) is 12.6. The van der Waals surface area contributed by atoms with Gasteiger partial charge >= 0.3 is 0 Å². The van der Waals surface area contributed by atoms with Gasteiger partial charge in [0.2, 0.25) is 0 Å². The molecule has 1 heteroatoms. The lowest BCUT2D eigenvalue weighted by molar-refractivity contribution is 0.768. The summed E-state index contributed by atoms with van der Waals surface area (Å²) in [4.78, 5) is 0. The molecule has 0 unspecified atom stereocenters. The van der Waals surface area contributed by atoms with Crippen molar-refractivity contribution in [3.63, 3.8) is 0 Å². The van der Waals surface area contributed by atoms with Crippen molar-refractivity contribution < 1.29 is 0 Å². The molecule has 90 valence electrons. The first-order chi connectivity index (χ1) is 7.60. The minimum Gasteiger partial charge on any atom is -0.388 e. The monoisotopic (exact) mass is 219 g/mol. The van der Waals surface area contributed by atoms with Gasteiger partial charge in [0.25, 0.3) is 0 Å². The third-order valence-electron chi connectivity index (χ3n) is 2.55. The van der Waals surface area contributed by atoms with E-state index >= 15 is 0 Å². The highest BCUT2D eigenvalue weighted by Crippen LogP contribution is 2.18. The van der Waals surface area contributed by atoms with Crippen LogP contribution in [0, 0.1) is 5.92 Å². The molecule has 0 rings (SSSR count). The largest absolute Gasteiger partial charge is 0.388 e. The summed E-state index contributed by atoms with van der Waals surface area (Å²) in [5, 5.41) is 3.24. The third kappa shape index (κ3) is 4.52. The molecule has 0 saturated heterocycles. The molecule has 1 N–H and O–H groups in total. The van der Waals surface area contributed by atoms with Gasteiger partial charge < -0.3 is 5.32 Å². The van der Waals surface area contributed by atoms with Crippen molar-refractivity contribution in [1.82, 2.24) is 5.32 Å². The molecule has 0 fully saturated rings. The Morgan fingerprint density at radius 1 is 1.25 bits per heavy atom. The van der Waals surface area contributed by atoms with Crippen molar-refractivity contribution in [3.05, 3.63) is 48.2 Å². The highest BCUT2D eigenvalue weighted by Gasteiger charge is 2.05. The lowest BCUT2D eigenvalue weighted by Crippen LogP contribution is -2.10. The van der Waals surface area contributed by atoms with E-state index in [1.807, 2.05) is 19.2 Å². The Balaban J connectivity index is 5.24. The SMILES string of the molecule is C=C/C(=C\C(NC)=C(/C=C)C(C)C)CCC. The van der Waals surface area contributed by atoms with Gasteiger partial charge in [-0.3, -0.25) is 0 Å². The van der Waals surface area contributed by atoms with Crippen molar-refractivity contribution in [2.24, 2.45) is 5.92 Å². The Bertz CT molecular complexity index is 293. The Hall–Kier alpha value is -1.24. The fourth-order valence-electron chi connectivity index (χ4n) is 1.66. The summed E-state index contributed by atoms with van der Waals surface area (Å²) < 4.78 is 0. The van der Waals surface area contributed by atoms with Crippen molar-refractivity contribution in [2.45, 2.75) is 33.6 Å². The molecule has 0 spiro atoms. The van der Waals surface area contributed by atoms with Crippen LogP contribution in [0.3, 0.4) is 0 Å². The number of nitrogens with one attached hydrogen (secondary N) is 1. The first-order valence-electron chi connectivity index (χ1n) is 5.98. The summed E-state index contributed by atoms with van der Waals surface area (Å²) in [7, 11) is 1.95. The smallest absolute Gasteiger partial charge is 0.0375 e. The van der Waals surface area contributed by atoms with Gasteiger partial charge in [0.05, 0.1) is 0 Å². The highest BCUT2D eigenvalue weighted by molar-refractivity contribution is 5.36. The number of hydrogen-bond acceptors (Lipinski definition) is 1. The topological polar surface area (TPSA) is 12.0 Å². The number of allylic oxidation sites excluding steroid dienone is 5. The first-order valence-corrected chi connectivity index (χ1v) is 5.98. The minimum absolute atomic E-state index is 0.476. The van der Waals surface area contributed by atoms with Crippen LogP contribution >= 0.6 is 0 Å². The molecule has 0 heterocycles. The molecule has 0 saturated carbocycles. The Labute approximate surface area is 101 Å². The van der Waals surface area contributed by atoms with E-state index in [1.54, 1.807) is 0 Å². The van der Waals surface area contributed by atoms with Crippen LogP contribution in [-0.2, 0) is 0 Å². The molecular weight excluding hydrogens is 194 g/mol. The predicted octanol–water partition coefficient (Wildman–Crippen LogP) is 4.21. The molecule has 0 aliphatic carbocycles. The Morgan fingerprint density at radius 3 is 2.19 bits per heavy atom. The molecule has 0 aromatic rings. The van der Waals surface area contributed by atoms with Gasteiger partial charge in [-0.1, -0.05) is 52.5 Å².